The molecule has 1 aromatic rings. The van der Waals surface area contributed by atoms with E-state index in [1.165, 1.54) is 6.92 Å². The predicted molar refractivity (Wildman–Crippen MR) is 77.9 cm³/mol. The van der Waals surface area contributed by atoms with Crippen molar-refractivity contribution >= 4 is 35.0 Å². The largest absolute Gasteiger partial charge is 0.497 e. The Kier molecular flexibility index (Phi) is 4.32. The molecule has 0 aromatic heterocycles. The maximum atomic E-state index is 12.1. The lowest BCUT2D eigenvalue weighted by molar-refractivity contribution is -0.145. The molecule has 6 nitrogen and oxygen atoms in total. The first kappa shape index (κ1) is 15.1. The van der Waals surface area contributed by atoms with Crippen LogP contribution in [-0.2, 0) is 9.59 Å². The Morgan fingerprint density at radius 1 is 1.33 bits per heavy atom. The second-order valence-electron chi connectivity index (χ2n) is 4.34. The summed E-state index contributed by atoms with van der Waals surface area (Å²) in [5.41, 5.74) is 0.726. The molecule has 0 spiro atoms. The minimum absolute atomic E-state index is 0.207. The molecular formula is C14H13NO5S. The maximum absolute atomic E-state index is 12.1. The van der Waals surface area contributed by atoms with Gasteiger partial charge in [-0.15, -0.1) is 0 Å². The highest BCUT2D eigenvalue weighted by atomic mass is 32.2. The number of imide groups is 1. The second-order valence-corrected chi connectivity index (χ2v) is 5.33. The summed E-state index contributed by atoms with van der Waals surface area (Å²) in [7, 11) is 1.55. The van der Waals surface area contributed by atoms with Crippen molar-refractivity contribution < 1.29 is 24.2 Å². The summed E-state index contributed by atoms with van der Waals surface area (Å²) < 4.78 is 5.03. The van der Waals surface area contributed by atoms with Gasteiger partial charge in [0.1, 0.15) is 11.8 Å². The van der Waals surface area contributed by atoms with E-state index in [0.717, 1.165) is 22.2 Å². The van der Waals surface area contributed by atoms with Gasteiger partial charge in [-0.2, -0.15) is 0 Å². The molecule has 1 fully saturated rings. The van der Waals surface area contributed by atoms with Crippen LogP contribution in [0.1, 0.15) is 12.5 Å². The van der Waals surface area contributed by atoms with Crippen LogP contribution in [0, 0.1) is 0 Å². The Morgan fingerprint density at radius 3 is 2.48 bits per heavy atom. The van der Waals surface area contributed by atoms with Crippen LogP contribution in [0.25, 0.3) is 6.08 Å². The van der Waals surface area contributed by atoms with Crippen LogP contribution in [0.15, 0.2) is 29.2 Å². The maximum Gasteiger partial charge on any atom is 0.326 e. The molecule has 0 radical (unpaired) electrons. The molecule has 1 atom stereocenters. The van der Waals surface area contributed by atoms with Gasteiger partial charge in [-0.3, -0.25) is 14.5 Å². The van der Waals surface area contributed by atoms with Crippen LogP contribution < -0.4 is 4.74 Å². The van der Waals surface area contributed by atoms with E-state index in [4.69, 9.17) is 9.84 Å². The predicted octanol–water partition coefficient (Wildman–Crippen LogP) is 2.20. The van der Waals surface area contributed by atoms with E-state index in [9.17, 15) is 14.4 Å². The molecule has 2 rings (SSSR count). The normalized spacial score (nSPS) is 18.2. The van der Waals surface area contributed by atoms with Gasteiger partial charge in [-0.05, 0) is 42.5 Å². The van der Waals surface area contributed by atoms with Gasteiger partial charge < -0.3 is 9.84 Å². The second kappa shape index (κ2) is 6.01. The average Bonchev–Trinajstić information content (AvgIpc) is 2.73. The van der Waals surface area contributed by atoms with Crippen LogP contribution in [0.4, 0.5) is 4.79 Å². The number of hydrogen-bond donors (Lipinski definition) is 1. The molecule has 0 unspecified atom stereocenters. The van der Waals surface area contributed by atoms with E-state index in [1.807, 2.05) is 0 Å². The molecule has 0 bridgehead atoms. The number of hydrogen-bond acceptors (Lipinski definition) is 5. The molecule has 1 N–H and O–H groups in total. The van der Waals surface area contributed by atoms with Gasteiger partial charge in [-0.1, -0.05) is 12.1 Å². The minimum atomic E-state index is -1.22. The van der Waals surface area contributed by atoms with Crippen LogP contribution in [0.3, 0.4) is 0 Å². The number of methoxy groups -OCH3 is 1. The van der Waals surface area contributed by atoms with E-state index in [1.54, 1.807) is 37.5 Å². The fraction of sp³-hybridized carbons (Fsp3) is 0.214. The number of ether oxygens (including phenoxy) is 1. The third-order valence-electron chi connectivity index (χ3n) is 2.98. The molecule has 21 heavy (non-hydrogen) atoms. The highest BCUT2D eigenvalue weighted by molar-refractivity contribution is 8.18. The van der Waals surface area contributed by atoms with E-state index in [2.05, 4.69) is 0 Å². The Bertz CT molecular complexity index is 623. The van der Waals surface area contributed by atoms with Crippen molar-refractivity contribution in [2.45, 2.75) is 13.0 Å². The summed E-state index contributed by atoms with van der Waals surface area (Å²) >= 11 is 0.736. The van der Waals surface area contributed by atoms with Crippen molar-refractivity contribution in [1.82, 2.24) is 4.90 Å². The third-order valence-corrected chi connectivity index (χ3v) is 3.87. The van der Waals surface area contributed by atoms with Crippen LogP contribution in [0.5, 0.6) is 5.75 Å². The molecular weight excluding hydrogens is 294 g/mol. The number of carbonyl (C=O) groups is 3. The molecule has 1 heterocycles. The van der Waals surface area contributed by atoms with Gasteiger partial charge in [0.25, 0.3) is 11.1 Å². The van der Waals surface area contributed by atoms with E-state index < -0.39 is 23.2 Å². The number of amides is 2. The third kappa shape index (κ3) is 3.08. The van der Waals surface area contributed by atoms with Crippen LogP contribution in [0.2, 0.25) is 0 Å². The zero-order chi connectivity index (χ0) is 15.6. The Balaban J connectivity index is 2.25. The number of carboxylic acids is 1. The monoisotopic (exact) mass is 307 g/mol. The minimum Gasteiger partial charge on any atom is -0.497 e. The van der Waals surface area contributed by atoms with Gasteiger partial charge in [0, 0.05) is 0 Å². The first-order valence-corrected chi connectivity index (χ1v) is 6.89. The molecule has 7 heteroatoms. The first-order chi connectivity index (χ1) is 9.93. The van der Waals surface area contributed by atoms with E-state index >= 15 is 0 Å². The molecule has 1 aliphatic heterocycles. The van der Waals surface area contributed by atoms with Crippen LogP contribution in [-0.4, -0.2) is 40.3 Å². The van der Waals surface area contributed by atoms with Gasteiger partial charge >= 0.3 is 5.97 Å². The van der Waals surface area contributed by atoms with Crippen molar-refractivity contribution in [1.29, 1.82) is 0 Å². The number of aliphatic carboxylic acids is 1. The summed E-state index contributed by atoms with van der Waals surface area (Å²) in [5.74, 6) is -1.13. The van der Waals surface area contributed by atoms with E-state index in [-0.39, 0.29) is 4.91 Å². The standard InChI is InChI=1S/C14H13NO5S/c1-8(13(17)18)15-12(16)11(21-14(15)19)7-9-3-5-10(20-2)6-4-9/h3-8H,1-2H3,(H,17,18)/b11-7-/t8-/m1/s1. The van der Waals surface area contributed by atoms with E-state index in [0.29, 0.717) is 5.75 Å². The molecule has 0 aliphatic carbocycles. The van der Waals surface area contributed by atoms with Gasteiger partial charge in [0.05, 0.1) is 12.0 Å². The summed E-state index contributed by atoms with van der Waals surface area (Å²) in [6, 6.07) is 5.77. The number of rotatable bonds is 4. The van der Waals surface area contributed by atoms with Crippen LogP contribution >= 0.6 is 11.8 Å². The molecule has 1 saturated heterocycles. The van der Waals surface area contributed by atoms with Gasteiger partial charge in [0.15, 0.2) is 0 Å². The number of nitrogens with zero attached hydrogens (tertiary/aromatic N) is 1. The fourth-order valence-corrected chi connectivity index (χ4v) is 2.68. The zero-order valence-electron chi connectivity index (χ0n) is 11.4. The summed E-state index contributed by atoms with van der Waals surface area (Å²) in [6.07, 6.45) is 1.55. The molecule has 1 aliphatic rings. The highest BCUT2D eigenvalue weighted by Crippen LogP contribution is 2.33. The summed E-state index contributed by atoms with van der Waals surface area (Å²) in [5, 5.41) is 8.35. The van der Waals surface area contributed by atoms with Gasteiger partial charge in [-0.25, -0.2) is 4.79 Å². The number of benzene rings is 1. The average molecular weight is 307 g/mol. The Morgan fingerprint density at radius 2 is 1.95 bits per heavy atom. The van der Waals surface area contributed by atoms with Crippen molar-refractivity contribution in [2.24, 2.45) is 0 Å². The summed E-state index contributed by atoms with van der Waals surface area (Å²) in [4.78, 5) is 35.8. The smallest absolute Gasteiger partial charge is 0.326 e. The lowest BCUT2D eigenvalue weighted by Crippen LogP contribution is -2.41. The lowest BCUT2D eigenvalue weighted by atomic mass is 10.2. The highest BCUT2D eigenvalue weighted by Gasteiger charge is 2.40. The van der Waals surface area contributed by atoms with Crippen molar-refractivity contribution in [3.8, 4) is 5.75 Å². The van der Waals surface area contributed by atoms with Gasteiger partial charge in [0.2, 0.25) is 0 Å². The number of carbonyl (C=O) groups excluding carboxylic acids is 2. The quantitative estimate of drug-likeness (QED) is 0.859. The SMILES string of the molecule is COc1ccc(/C=C2\SC(=O)N([C@H](C)C(=O)O)C2=O)cc1. The zero-order valence-corrected chi connectivity index (χ0v) is 12.2. The fourth-order valence-electron chi connectivity index (χ4n) is 1.78. The van der Waals surface area contributed by atoms with Crippen molar-refractivity contribution in [2.75, 3.05) is 7.11 Å². The molecule has 0 saturated carbocycles. The Labute approximate surface area is 125 Å². The van der Waals surface area contributed by atoms with Crippen molar-refractivity contribution in [3.05, 3.63) is 34.7 Å². The topological polar surface area (TPSA) is 83.9 Å². The summed E-state index contributed by atoms with van der Waals surface area (Å²) in [6.45, 7) is 1.30. The number of thioether (sulfide) groups is 1. The lowest BCUT2D eigenvalue weighted by Gasteiger charge is -2.16. The molecule has 1 aromatic carbocycles. The molecule has 110 valence electrons. The first-order valence-electron chi connectivity index (χ1n) is 6.08. The Hall–Kier alpha value is -2.28. The number of carboxylic acid groups (broad SMARTS) is 1. The van der Waals surface area contributed by atoms with Crippen molar-refractivity contribution in [3.63, 3.8) is 0 Å². The molecule has 2 amide bonds.